The van der Waals surface area contributed by atoms with Crippen LogP contribution < -0.4 is 11.1 Å². The number of nitrogens with two attached hydrogens (primary N) is 1. The van der Waals surface area contributed by atoms with E-state index in [2.05, 4.69) is 5.32 Å². The van der Waals surface area contributed by atoms with Crippen molar-refractivity contribution in [3.05, 3.63) is 57.9 Å². The van der Waals surface area contributed by atoms with E-state index in [9.17, 15) is 14.5 Å². The Balaban J connectivity index is 2.32. The van der Waals surface area contributed by atoms with Crippen molar-refractivity contribution in [1.29, 1.82) is 0 Å². The standard InChI is InChI=1S/C13H12FN3O2/c1-8-10(14)3-2-4-12(8)16-9-5-6-13(17(18)19)11(15)7-9/h2-7,16H,15H2,1H3. The van der Waals surface area contributed by atoms with E-state index in [4.69, 9.17) is 5.73 Å². The number of nitrogens with zero attached hydrogens (tertiary/aromatic N) is 1. The van der Waals surface area contributed by atoms with Crippen molar-refractivity contribution in [2.45, 2.75) is 6.92 Å². The average Bonchev–Trinajstić information content (AvgIpc) is 2.34. The molecule has 0 aliphatic rings. The van der Waals surface area contributed by atoms with Gasteiger partial charge in [-0.1, -0.05) is 6.07 Å². The van der Waals surface area contributed by atoms with Gasteiger partial charge in [-0.15, -0.1) is 0 Å². The van der Waals surface area contributed by atoms with Crippen molar-refractivity contribution < 1.29 is 9.31 Å². The van der Waals surface area contributed by atoms with E-state index in [0.29, 0.717) is 16.9 Å². The number of rotatable bonds is 3. The van der Waals surface area contributed by atoms with Gasteiger partial charge in [-0.25, -0.2) is 4.39 Å². The highest BCUT2D eigenvalue weighted by Crippen LogP contribution is 2.28. The van der Waals surface area contributed by atoms with Gasteiger partial charge >= 0.3 is 0 Å². The largest absolute Gasteiger partial charge is 0.393 e. The summed E-state index contributed by atoms with van der Waals surface area (Å²) in [5.74, 6) is -0.320. The molecule has 6 heteroatoms. The van der Waals surface area contributed by atoms with Gasteiger partial charge in [0.1, 0.15) is 11.5 Å². The zero-order valence-corrected chi connectivity index (χ0v) is 10.2. The molecule has 5 nitrogen and oxygen atoms in total. The smallest absolute Gasteiger partial charge is 0.292 e. The minimum atomic E-state index is -0.549. The molecular weight excluding hydrogens is 249 g/mol. The molecule has 0 saturated carbocycles. The highest BCUT2D eigenvalue weighted by atomic mass is 19.1. The Morgan fingerprint density at radius 1 is 1.32 bits per heavy atom. The maximum absolute atomic E-state index is 13.4. The third kappa shape index (κ3) is 2.62. The number of hydrogen-bond acceptors (Lipinski definition) is 4. The minimum absolute atomic E-state index is 0.0593. The molecule has 3 N–H and O–H groups in total. The zero-order valence-electron chi connectivity index (χ0n) is 10.2. The fourth-order valence-electron chi connectivity index (χ4n) is 1.70. The Kier molecular flexibility index (Phi) is 3.33. The molecule has 0 bridgehead atoms. The second-order valence-corrected chi connectivity index (χ2v) is 4.07. The van der Waals surface area contributed by atoms with Crippen molar-refractivity contribution in [2.24, 2.45) is 0 Å². The average molecular weight is 261 g/mol. The number of nitrogens with one attached hydrogen (secondary N) is 1. The molecule has 0 unspecified atom stereocenters. The van der Waals surface area contributed by atoms with Crippen molar-refractivity contribution >= 4 is 22.7 Å². The highest BCUT2D eigenvalue weighted by Gasteiger charge is 2.11. The molecule has 0 radical (unpaired) electrons. The summed E-state index contributed by atoms with van der Waals surface area (Å²) in [6.07, 6.45) is 0. The zero-order chi connectivity index (χ0) is 14.0. The van der Waals surface area contributed by atoms with Gasteiger partial charge in [0, 0.05) is 23.0 Å². The Labute approximate surface area is 109 Å². The summed E-state index contributed by atoms with van der Waals surface area (Å²) in [5.41, 5.74) is 7.13. The molecule has 0 saturated heterocycles. The monoisotopic (exact) mass is 261 g/mol. The van der Waals surface area contributed by atoms with Crippen LogP contribution in [0.3, 0.4) is 0 Å². The number of anilines is 3. The molecule has 0 fully saturated rings. The number of nitro groups is 1. The summed E-state index contributed by atoms with van der Waals surface area (Å²) in [6, 6.07) is 8.95. The van der Waals surface area contributed by atoms with Gasteiger partial charge in [-0.3, -0.25) is 10.1 Å². The van der Waals surface area contributed by atoms with E-state index in [1.165, 1.54) is 24.3 Å². The molecule has 19 heavy (non-hydrogen) atoms. The van der Waals surface area contributed by atoms with Gasteiger partial charge in [0.15, 0.2) is 0 Å². The van der Waals surface area contributed by atoms with Crippen molar-refractivity contribution in [3.63, 3.8) is 0 Å². The first-order chi connectivity index (χ1) is 8.99. The summed E-state index contributed by atoms with van der Waals surface area (Å²) in [5, 5.41) is 13.6. The van der Waals surface area contributed by atoms with E-state index in [1.807, 2.05) is 0 Å². The molecule has 0 spiro atoms. The van der Waals surface area contributed by atoms with Gasteiger partial charge < -0.3 is 11.1 Å². The molecular formula is C13H12FN3O2. The molecule has 0 amide bonds. The number of halogens is 1. The van der Waals surface area contributed by atoms with Gasteiger partial charge in [-0.2, -0.15) is 0 Å². The van der Waals surface area contributed by atoms with Crippen LogP contribution in [0.2, 0.25) is 0 Å². The van der Waals surface area contributed by atoms with Crippen LogP contribution in [-0.4, -0.2) is 4.92 Å². The van der Waals surface area contributed by atoms with Gasteiger partial charge in [0.25, 0.3) is 5.69 Å². The Morgan fingerprint density at radius 2 is 2.05 bits per heavy atom. The predicted molar refractivity (Wildman–Crippen MR) is 71.9 cm³/mol. The number of benzene rings is 2. The van der Waals surface area contributed by atoms with E-state index in [1.54, 1.807) is 19.1 Å². The fourth-order valence-corrected chi connectivity index (χ4v) is 1.70. The molecule has 98 valence electrons. The highest BCUT2D eigenvalue weighted by molar-refractivity contribution is 5.71. The summed E-state index contributed by atoms with van der Waals surface area (Å²) < 4.78 is 13.4. The Bertz CT molecular complexity index is 644. The van der Waals surface area contributed by atoms with E-state index in [-0.39, 0.29) is 17.2 Å². The molecule has 2 rings (SSSR count). The van der Waals surface area contributed by atoms with Crippen LogP contribution in [0.25, 0.3) is 0 Å². The van der Waals surface area contributed by atoms with E-state index < -0.39 is 4.92 Å². The Morgan fingerprint density at radius 3 is 2.68 bits per heavy atom. The predicted octanol–water partition coefficient (Wildman–Crippen LogP) is 3.37. The maximum atomic E-state index is 13.4. The van der Waals surface area contributed by atoms with Crippen LogP contribution in [-0.2, 0) is 0 Å². The van der Waals surface area contributed by atoms with E-state index >= 15 is 0 Å². The number of nitrogen functional groups attached to an aromatic ring is 1. The normalized spacial score (nSPS) is 10.2. The third-order valence-electron chi connectivity index (χ3n) is 2.77. The molecule has 2 aromatic rings. The third-order valence-corrected chi connectivity index (χ3v) is 2.77. The lowest BCUT2D eigenvalue weighted by Gasteiger charge is -2.10. The van der Waals surface area contributed by atoms with E-state index in [0.717, 1.165) is 0 Å². The van der Waals surface area contributed by atoms with Crippen molar-refractivity contribution in [3.8, 4) is 0 Å². The van der Waals surface area contributed by atoms with Crippen molar-refractivity contribution in [1.82, 2.24) is 0 Å². The van der Waals surface area contributed by atoms with Crippen molar-refractivity contribution in [2.75, 3.05) is 11.1 Å². The summed E-state index contributed by atoms with van der Waals surface area (Å²) >= 11 is 0. The molecule has 0 aliphatic carbocycles. The molecule has 0 aliphatic heterocycles. The first-order valence-electron chi connectivity index (χ1n) is 5.55. The first kappa shape index (κ1) is 12.8. The summed E-state index contributed by atoms with van der Waals surface area (Å²) in [7, 11) is 0. The lowest BCUT2D eigenvalue weighted by atomic mass is 10.1. The number of hydrogen-bond donors (Lipinski definition) is 2. The van der Waals surface area contributed by atoms with Crippen LogP contribution in [0.4, 0.5) is 27.1 Å². The molecule has 0 atom stereocenters. The first-order valence-corrected chi connectivity index (χ1v) is 5.55. The maximum Gasteiger partial charge on any atom is 0.292 e. The minimum Gasteiger partial charge on any atom is -0.393 e. The van der Waals surface area contributed by atoms with Crippen LogP contribution >= 0.6 is 0 Å². The van der Waals surface area contributed by atoms with Crippen LogP contribution in [0.15, 0.2) is 36.4 Å². The van der Waals surface area contributed by atoms with Gasteiger partial charge in [-0.05, 0) is 31.2 Å². The second-order valence-electron chi connectivity index (χ2n) is 4.07. The lowest BCUT2D eigenvalue weighted by molar-refractivity contribution is -0.383. The Hall–Kier alpha value is -2.63. The van der Waals surface area contributed by atoms with Gasteiger partial charge in [0.2, 0.25) is 0 Å². The lowest BCUT2D eigenvalue weighted by Crippen LogP contribution is -1.99. The van der Waals surface area contributed by atoms with Crippen LogP contribution in [0.1, 0.15) is 5.56 Å². The van der Waals surface area contributed by atoms with Gasteiger partial charge in [0.05, 0.1) is 4.92 Å². The quantitative estimate of drug-likeness (QED) is 0.504. The molecule has 2 aromatic carbocycles. The van der Waals surface area contributed by atoms with Crippen LogP contribution in [0.5, 0.6) is 0 Å². The second kappa shape index (κ2) is 4.93. The summed E-state index contributed by atoms with van der Waals surface area (Å²) in [6.45, 7) is 1.65. The van der Waals surface area contributed by atoms with Crippen LogP contribution in [0, 0.1) is 22.9 Å². The fraction of sp³-hybridized carbons (Fsp3) is 0.0769. The topological polar surface area (TPSA) is 81.2 Å². The number of nitro benzene ring substituents is 1. The molecule has 0 heterocycles. The SMILES string of the molecule is Cc1c(F)cccc1Nc1ccc([N+](=O)[O-])c(N)c1. The molecule has 0 aromatic heterocycles. The summed E-state index contributed by atoms with van der Waals surface area (Å²) in [4.78, 5) is 10.1.